The molecule has 1 aliphatic heterocycles. The fourth-order valence-corrected chi connectivity index (χ4v) is 2.17. The van der Waals surface area contributed by atoms with Gasteiger partial charge in [-0.25, -0.2) is 4.98 Å². The van der Waals surface area contributed by atoms with Gasteiger partial charge in [0.1, 0.15) is 5.82 Å². The van der Waals surface area contributed by atoms with Gasteiger partial charge in [0.05, 0.1) is 0 Å². The predicted octanol–water partition coefficient (Wildman–Crippen LogP) is 2.64. The molecule has 0 bridgehead atoms. The van der Waals surface area contributed by atoms with Crippen LogP contribution in [0.5, 0.6) is 0 Å². The molecule has 1 aromatic heterocycles. The summed E-state index contributed by atoms with van der Waals surface area (Å²) in [4.78, 5) is 5.58. The minimum atomic E-state index is 0.732. The van der Waals surface area contributed by atoms with Crippen LogP contribution in [0.15, 0.2) is 23.2 Å². The van der Waals surface area contributed by atoms with E-state index in [1.54, 1.807) is 11.8 Å². The fraction of sp³-hybridized carbons (Fsp3) is 0.583. The summed E-state index contributed by atoms with van der Waals surface area (Å²) in [6.45, 7) is 2.82. The molecule has 1 N–H and O–H groups in total. The second kappa shape index (κ2) is 6.11. The molecule has 4 heteroatoms. The molecule has 16 heavy (non-hydrogen) atoms. The molecule has 0 radical (unpaired) electrons. The molecule has 3 nitrogen and oxygen atoms in total. The van der Waals surface area contributed by atoms with E-state index in [4.69, 9.17) is 4.74 Å². The lowest BCUT2D eigenvalue weighted by molar-refractivity contribution is 0.0699. The summed E-state index contributed by atoms with van der Waals surface area (Å²) in [6, 6.07) is 4.15. The van der Waals surface area contributed by atoms with Crippen LogP contribution in [0.25, 0.3) is 0 Å². The highest BCUT2D eigenvalue weighted by atomic mass is 32.2. The molecule has 2 rings (SSSR count). The molecule has 1 aliphatic rings. The van der Waals surface area contributed by atoms with Gasteiger partial charge < -0.3 is 10.1 Å². The zero-order chi connectivity index (χ0) is 11.2. The second-order valence-corrected chi connectivity index (χ2v) is 4.90. The molecule has 1 saturated heterocycles. The Hall–Kier alpha value is -0.740. The van der Waals surface area contributed by atoms with E-state index in [1.807, 2.05) is 12.3 Å². The van der Waals surface area contributed by atoms with Crippen LogP contribution in [-0.4, -0.2) is 31.0 Å². The molecule has 0 aliphatic carbocycles. The average molecular weight is 238 g/mol. The molecule has 88 valence electrons. The van der Waals surface area contributed by atoms with E-state index in [-0.39, 0.29) is 0 Å². The lowest BCUT2D eigenvalue weighted by Gasteiger charge is -2.22. The van der Waals surface area contributed by atoms with Gasteiger partial charge >= 0.3 is 0 Å². The molecule has 1 fully saturated rings. The van der Waals surface area contributed by atoms with Crippen LogP contribution in [0.2, 0.25) is 0 Å². The van der Waals surface area contributed by atoms with E-state index < -0.39 is 0 Å². The Morgan fingerprint density at radius 1 is 1.44 bits per heavy atom. The van der Waals surface area contributed by atoms with E-state index in [0.29, 0.717) is 0 Å². The molecule has 1 aromatic rings. The first kappa shape index (κ1) is 11.7. The lowest BCUT2D eigenvalue weighted by atomic mass is 10.0. The van der Waals surface area contributed by atoms with E-state index in [2.05, 4.69) is 22.6 Å². The number of thioether (sulfide) groups is 1. The molecule has 0 aromatic carbocycles. The van der Waals surface area contributed by atoms with Crippen LogP contribution in [0.3, 0.4) is 0 Å². The van der Waals surface area contributed by atoms with Crippen molar-refractivity contribution in [3.63, 3.8) is 0 Å². The molecular formula is C12H18N2OS. The minimum Gasteiger partial charge on any atom is -0.381 e. The van der Waals surface area contributed by atoms with Crippen molar-refractivity contribution in [3.8, 4) is 0 Å². The Balaban J connectivity index is 1.79. The third-order valence-electron chi connectivity index (χ3n) is 2.88. The van der Waals surface area contributed by atoms with Crippen LogP contribution in [0.4, 0.5) is 5.82 Å². The number of pyridine rings is 1. The number of nitrogens with one attached hydrogen (secondary N) is 1. The van der Waals surface area contributed by atoms with E-state index >= 15 is 0 Å². The molecule has 0 amide bonds. The standard InChI is InChI=1S/C12H18N2OS/c1-16-11-2-3-12(14-9-11)13-8-10-4-6-15-7-5-10/h2-3,9-10H,4-8H2,1H3,(H,13,14). The van der Waals surface area contributed by atoms with Gasteiger partial charge in [-0.1, -0.05) is 0 Å². The van der Waals surface area contributed by atoms with Gasteiger partial charge in [0.25, 0.3) is 0 Å². The summed E-state index contributed by atoms with van der Waals surface area (Å²) in [7, 11) is 0. The van der Waals surface area contributed by atoms with Crippen molar-refractivity contribution in [3.05, 3.63) is 18.3 Å². The maximum absolute atomic E-state index is 5.34. The Morgan fingerprint density at radius 2 is 2.25 bits per heavy atom. The zero-order valence-corrected chi connectivity index (χ0v) is 10.4. The number of anilines is 1. The predicted molar refractivity (Wildman–Crippen MR) is 68.1 cm³/mol. The first-order chi connectivity index (χ1) is 7.88. The second-order valence-electron chi connectivity index (χ2n) is 4.02. The van der Waals surface area contributed by atoms with Crippen molar-refractivity contribution in [1.29, 1.82) is 0 Å². The monoisotopic (exact) mass is 238 g/mol. The quantitative estimate of drug-likeness (QED) is 0.818. The highest BCUT2D eigenvalue weighted by Crippen LogP contribution is 2.17. The van der Waals surface area contributed by atoms with Crippen molar-refractivity contribution in [2.75, 3.05) is 31.3 Å². The first-order valence-electron chi connectivity index (χ1n) is 5.70. The summed E-state index contributed by atoms with van der Waals surface area (Å²) >= 11 is 1.72. The molecule has 2 heterocycles. The maximum Gasteiger partial charge on any atom is 0.125 e. The smallest absolute Gasteiger partial charge is 0.125 e. The summed E-state index contributed by atoms with van der Waals surface area (Å²) in [5, 5.41) is 3.39. The van der Waals surface area contributed by atoms with Crippen LogP contribution in [-0.2, 0) is 4.74 Å². The summed E-state index contributed by atoms with van der Waals surface area (Å²) < 4.78 is 5.34. The normalized spacial score (nSPS) is 17.3. The lowest BCUT2D eigenvalue weighted by Crippen LogP contribution is -2.22. The minimum absolute atomic E-state index is 0.732. The molecule has 0 unspecified atom stereocenters. The van der Waals surface area contributed by atoms with Gasteiger partial charge in [0, 0.05) is 30.9 Å². The largest absolute Gasteiger partial charge is 0.381 e. The van der Waals surface area contributed by atoms with Gasteiger partial charge in [-0.2, -0.15) is 0 Å². The van der Waals surface area contributed by atoms with Crippen LogP contribution in [0.1, 0.15) is 12.8 Å². The Labute approximate surface area is 101 Å². The van der Waals surface area contributed by atoms with Gasteiger partial charge in [-0.3, -0.25) is 0 Å². The topological polar surface area (TPSA) is 34.1 Å². The van der Waals surface area contributed by atoms with Crippen molar-refractivity contribution >= 4 is 17.6 Å². The van der Waals surface area contributed by atoms with E-state index in [9.17, 15) is 0 Å². The summed E-state index contributed by atoms with van der Waals surface area (Å²) in [5.74, 6) is 1.71. The number of nitrogens with zero attached hydrogens (tertiary/aromatic N) is 1. The van der Waals surface area contributed by atoms with E-state index in [0.717, 1.165) is 44.3 Å². The zero-order valence-electron chi connectivity index (χ0n) is 9.61. The van der Waals surface area contributed by atoms with Crippen LogP contribution in [0, 0.1) is 5.92 Å². The highest BCUT2D eigenvalue weighted by molar-refractivity contribution is 7.98. The number of hydrogen-bond donors (Lipinski definition) is 1. The molecule has 0 atom stereocenters. The van der Waals surface area contributed by atoms with Gasteiger partial charge in [0.15, 0.2) is 0 Å². The third-order valence-corrected chi connectivity index (χ3v) is 3.60. The van der Waals surface area contributed by atoms with Crippen molar-refractivity contribution in [2.24, 2.45) is 5.92 Å². The third kappa shape index (κ3) is 3.39. The van der Waals surface area contributed by atoms with Crippen molar-refractivity contribution < 1.29 is 4.74 Å². The average Bonchev–Trinajstić information content (AvgIpc) is 2.38. The highest BCUT2D eigenvalue weighted by Gasteiger charge is 2.13. The Morgan fingerprint density at radius 3 is 2.88 bits per heavy atom. The van der Waals surface area contributed by atoms with Crippen molar-refractivity contribution in [1.82, 2.24) is 4.98 Å². The molecule has 0 saturated carbocycles. The van der Waals surface area contributed by atoms with Crippen LogP contribution >= 0.6 is 11.8 Å². The Kier molecular flexibility index (Phi) is 4.48. The van der Waals surface area contributed by atoms with Gasteiger partial charge in [-0.05, 0) is 37.1 Å². The van der Waals surface area contributed by atoms with Gasteiger partial charge in [-0.15, -0.1) is 11.8 Å². The fourth-order valence-electron chi connectivity index (χ4n) is 1.81. The summed E-state index contributed by atoms with van der Waals surface area (Å²) in [5.41, 5.74) is 0. The number of rotatable bonds is 4. The maximum atomic E-state index is 5.34. The summed E-state index contributed by atoms with van der Waals surface area (Å²) in [6.07, 6.45) is 6.30. The molecular weight excluding hydrogens is 220 g/mol. The Bertz CT molecular complexity index is 309. The SMILES string of the molecule is CSc1ccc(NCC2CCOCC2)nc1. The van der Waals surface area contributed by atoms with Crippen LogP contribution < -0.4 is 5.32 Å². The van der Waals surface area contributed by atoms with E-state index in [1.165, 1.54) is 4.90 Å². The van der Waals surface area contributed by atoms with Gasteiger partial charge in [0.2, 0.25) is 0 Å². The molecule has 0 spiro atoms. The van der Waals surface area contributed by atoms with Crippen molar-refractivity contribution in [2.45, 2.75) is 17.7 Å². The first-order valence-corrected chi connectivity index (χ1v) is 6.92. The number of aromatic nitrogens is 1. The number of ether oxygens (including phenoxy) is 1. The number of hydrogen-bond acceptors (Lipinski definition) is 4.